The third-order valence-corrected chi connectivity index (χ3v) is 3.87. The summed E-state index contributed by atoms with van der Waals surface area (Å²) in [4.78, 5) is 6.70. The van der Waals surface area contributed by atoms with Crippen LogP contribution in [0.15, 0.2) is 29.0 Å². The number of aliphatic hydroxyl groups is 1. The van der Waals surface area contributed by atoms with Gasteiger partial charge in [0.1, 0.15) is 5.82 Å². The molecule has 1 heterocycles. The van der Waals surface area contributed by atoms with Crippen LogP contribution in [0.3, 0.4) is 0 Å². The molecule has 0 atom stereocenters. The molecule has 108 valence electrons. The van der Waals surface area contributed by atoms with E-state index >= 15 is 0 Å². The molecule has 1 rings (SSSR count). The van der Waals surface area contributed by atoms with Gasteiger partial charge in [-0.25, -0.2) is 4.99 Å². The fourth-order valence-electron chi connectivity index (χ4n) is 2.36. The number of nitrogens with zero attached hydrogens (tertiary/aromatic N) is 2. The molecule has 0 aromatic rings. The maximum Gasteiger partial charge on any atom is 0.121 e. The Morgan fingerprint density at radius 3 is 2.63 bits per heavy atom. The number of unbranched alkanes of at least 4 members (excludes halogenated alkanes) is 1. The first-order valence-electron chi connectivity index (χ1n) is 7.39. The van der Waals surface area contributed by atoms with Gasteiger partial charge in [0.15, 0.2) is 0 Å². The van der Waals surface area contributed by atoms with E-state index in [-0.39, 0.29) is 0 Å². The van der Waals surface area contributed by atoms with E-state index < -0.39 is 0 Å². The molecule has 1 N–H and O–H groups in total. The molecule has 1 aliphatic heterocycles. The highest BCUT2D eigenvalue weighted by molar-refractivity contribution is 5.78. The fourth-order valence-corrected chi connectivity index (χ4v) is 2.36. The van der Waals surface area contributed by atoms with Gasteiger partial charge in [-0.05, 0) is 44.6 Å². The zero-order valence-electron chi connectivity index (χ0n) is 12.4. The van der Waals surface area contributed by atoms with Gasteiger partial charge in [-0.3, -0.25) is 0 Å². The number of hydrogen-bond acceptors (Lipinski definition) is 3. The topological polar surface area (TPSA) is 35.8 Å². The summed E-state index contributed by atoms with van der Waals surface area (Å²) >= 11 is 0. The van der Waals surface area contributed by atoms with Crippen LogP contribution in [0.1, 0.15) is 46.0 Å². The van der Waals surface area contributed by atoms with Crippen LogP contribution in [-0.4, -0.2) is 35.9 Å². The summed E-state index contributed by atoms with van der Waals surface area (Å²) in [7, 11) is 0. The molecule has 0 saturated carbocycles. The number of hydrogen-bond donors (Lipinski definition) is 1. The molecule has 1 saturated heterocycles. The second-order valence-electron chi connectivity index (χ2n) is 5.36. The number of aliphatic hydroxyl groups excluding tert-OH is 1. The minimum Gasteiger partial charge on any atom is -0.396 e. The van der Waals surface area contributed by atoms with E-state index in [2.05, 4.69) is 16.5 Å². The summed E-state index contributed by atoms with van der Waals surface area (Å²) in [6, 6.07) is 0. The molecule has 0 spiro atoms. The van der Waals surface area contributed by atoms with E-state index in [1.54, 1.807) is 0 Å². The molecule has 3 heteroatoms. The number of allylic oxidation sites excluding steroid dienone is 2. The van der Waals surface area contributed by atoms with Gasteiger partial charge in [0.25, 0.3) is 0 Å². The lowest BCUT2D eigenvalue weighted by molar-refractivity contribution is 0.210. The van der Waals surface area contributed by atoms with Crippen molar-refractivity contribution in [3.63, 3.8) is 0 Å². The Kier molecular flexibility index (Phi) is 7.49. The second-order valence-corrected chi connectivity index (χ2v) is 5.36. The fraction of sp³-hybridized carbons (Fsp3) is 0.688. The van der Waals surface area contributed by atoms with Crippen LogP contribution in [0, 0.1) is 5.92 Å². The van der Waals surface area contributed by atoms with Gasteiger partial charge in [0.05, 0.1) is 0 Å². The van der Waals surface area contributed by atoms with E-state index in [4.69, 9.17) is 5.11 Å². The summed E-state index contributed by atoms with van der Waals surface area (Å²) < 4.78 is 0. The number of aliphatic imine (C=N–C) groups is 1. The van der Waals surface area contributed by atoms with Gasteiger partial charge in [-0.1, -0.05) is 25.5 Å². The highest BCUT2D eigenvalue weighted by Gasteiger charge is 2.19. The zero-order valence-corrected chi connectivity index (χ0v) is 12.4. The summed E-state index contributed by atoms with van der Waals surface area (Å²) in [6.45, 7) is 10.6. The maximum atomic E-state index is 8.79. The van der Waals surface area contributed by atoms with E-state index in [0.29, 0.717) is 6.61 Å². The molecule has 1 fully saturated rings. The van der Waals surface area contributed by atoms with E-state index in [9.17, 15) is 0 Å². The van der Waals surface area contributed by atoms with Crippen molar-refractivity contribution in [1.82, 2.24) is 4.90 Å². The molecule has 1 aliphatic rings. The van der Waals surface area contributed by atoms with E-state index in [1.807, 2.05) is 26.1 Å². The van der Waals surface area contributed by atoms with Crippen LogP contribution in [0.4, 0.5) is 0 Å². The van der Waals surface area contributed by atoms with Crippen LogP contribution in [0.2, 0.25) is 0 Å². The number of piperidine rings is 1. The first kappa shape index (κ1) is 16.0. The molecule has 0 bridgehead atoms. The summed E-state index contributed by atoms with van der Waals surface area (Å²) in [5.41, 5.74) is 1.17. The summed E-state index contributed by atoms with van der Waals surface area (Å²) in [6.07, 6.45) is 9.73. The van der Waals surface area contributed by atoms with Gasteiger partial charge < -0.3 is 10.0 Å². The Morgan fingerprint density at radius 2 is 2.05 bits per heavy atom. The lowest BCUT2D eigenvalue weighted by Crippen LogP contribution is -2.32. The lowest BCUT2D eigenvalue weighted by Gasteiger charge is -2.33. The largest absolute Gasteiger partial charge is 0.396 e. The minimum absolute atomic E-state index is 0.328. The molecule has 0 amide bonds. The minimum atomic E-state index is 0.328. The molecular weight excluding hydrogens is 236 g/mol. The second kappa shape index (κ2) is 8.92. The molecular formula is C16H28N2O. The first-order valence-corrected chi connectivity index (χ1v) is 7.39. The van der Waals surface area contributed by atoms with Crippen molar-refractivity contribution in [1.29, 1.82) is 0 Å². The number of rotatable bonds is 7. The van der Waals surface area contributed by atoms with Gasteiger partial charge in [0.2, 0.25) is 0 Å². The molecule has 19 heavy (non-hydrogen) atoms. The predicted molar refractivity (Wildman–Crippen MR) is 82.3 cm³/mol. The Bertz CT molecular complexity index is 326. The maximum absolute atomic E-state index is 8.79. The van der Waals surface area contributed by atoms with Crippen LogP contribution in [0.25, 0.3) is 0 Å². The smallest absolute Gasteiger partial charge is 0.121 e. The van der Waals surface area contributed by atoms with Gasteiger partial charge in [0, 0.05) is 25.9 Å². The zero-order chi connectivity index (χ0) is 14.1. The quantitative estimate of drug-likeness (QED) is 0.565. The Hall–Kier alpha value is -1.09. The normalized spacial score (nSPS) is 18.3. The van der Waals surface area contributed by atoms with Crippen molar-refractivity contribution in [2.45, 2.75) is 46.0 Å². The van der Waals surface area contributed by atoms with Crippen molar-refractivity contribution in [3.8, 4) is 0 Å². The average molecular weight is 264 g/mol. The molecule has 3 nitrogen and oxygen atoms in total. The molecule has 0 radical (unpaired) electrons. The molecule has 0 aromatic heterocycles. The highest BCUT2D eigenvalue weighted by Crippen LogP contribution is 2.24. The van der Waals surface area contributed by atoms with Crippen LogP contribution in [0.5, 0.6) is 0 Å². The van der Waals surface area contributed by atoms with Crippen LogP contribution >= 0.6 is 0 Å². The van der Waals surface area contributed by atoms with E-state index in [0.717, 1.165) is 37.7 Å². The van der Waals surface area contributed by atoms with Gasteiger partial charge >= 0.3 is 0 Å². The summed E-state index contributed by atoms with van der Waals surface area (Å²) in [5.74, 6) is 1.70. The first-order chi connectivity index (χ1) is 9.17. The highest BCUT2D eigenvalue weighted by atomic mass is 16.2. The Labute approximate surface area is 117 Å². The third-order valence-electron chi connectivity index (χ3n) is 3.87. The van der Waals surface area contributed by atoms with Crippen molar-refractivity contribution < 1.29 is 5.11 Å². The van der Waals surface area contributed by atoms with Crippen molar-refractivity contribution >= 4 is 6.21 Å². The molecule has 0 aliphatic carbocycles. The van der Waals surface area contributed by atoms with Crippen LogP contribution in [-0.2, 0) is 0 Å². The monoisotopic (exact) mass is 264 g/mol. The SMILES string of the molecule is C=C(N=C/C(C)=C\C)N1CCC(CCCCO)CC1. The molecule has 0 aromatic carbocycles. The van der Waals surface area contributed by atoms with Crippen molar-refractivity contribution in [2.75, 3.05) is 19.7 Å². The van der Waals surface area contributed by atoms with Gasteiger partial charge in [-0.15, -0.1) is 0 Å². The predicted octanol–water partition coefficient (Wildman–Crippen LogP) is 3.37. The lowest BCUT2D eigenvalue weighted by atomic mass is 9.92. The van der Waals surface area contributed by atoms with Crippen molar-refractivity contribution in [2.24, 2.45) is 10.9 Å². The summed E-state index contributed by atoms with van der Waals surface area (Å²) in [5, 5.41) is 8.79. The average Bonchev–Trinajstić information content (AvgIpc) is 2.45. The Morgan fingerprint density at radius 1 is 1.37 bits per heavy atom. The van der Waals surface area contributed by atoms with Crippen molar-refractivity contribution in [3.05, 3.63) is 24.0 Å². The standard InChI is InChI=1S/C16H28N2O/c1-4-14(2)13-17-15(3)18-10-8-16(9-11-18)7-5-6-12-19/h4,13,16,19H,3,5-12H2,1-2H3/b14-4-,17-13?. The Balaban J connectivity index is 2.29. The van der Waals surface area contributed by atoms with Gasteiger partial charge in [-0.2, -0.15) is 0 Å². The number of likely N-dealkylation sites (tertiary alicyclic amines) is 1. The molecule has 0 unspecified atom stereocenters. The third kappa shape index (κ3) is 6.06. The van der Waals surface area contributed by atoms with Crippen LogP contribution < -0.4 is 0 Å². The van der Waals surface area contributed by atoms with E-state index in [1.165, 1.54) is 24.8 Å².